The van der Waals surface area contributed by atoms with E-state index < -0.39 is 0 Å². The third-order valence-electron chi connectivity index (χ3n) is 2.48. The van der Waals surface area contributed by atoms with Crippen LogP contribution in [0.15, 0.2) is 35.1 Å². The van der Waals surface area contributed by atoms with E-state index in [1.165, 1.54) is 12.1 Å². The molecule has 0 aliphatic heterocycles. The molecule has 2 rings (SSSR count). The maximum absolute atomic E-state index is 13.2. The Balaban J connectivity index is 1.99. The quantitative estimate of drug-likeness (QED) is 0.815. The lowest BCUT2D eigenvalue weighted by molar-refractivity contribution is 0.436. The zero-order valence-corrected chi connectivity index (χ0v) is 12.7. The summed E-state index contributed by atoms with van der Waals surface area (Å²) in [5.41, 5.74) is 0.978. The lowest BCUT2D eigenvalue weighted by Gasteiger charge is -2.06. The highest BCUT2D eigenvalue weighted by atomic mass is 79.9. The van der Waals surface area contributed by atoms with Gasteiger partial charge in [-0.3, -0.25) is 0 Å². The van der Waals surface area contributed by atoms with Gasteiger partial charge >= 0.3 is 6.01 Å². The first-order valence-electron chi connectivity index (χ1n) is 6.33. The Morgan fingerprint density at radius 3 is 2.65 bits per heavy atom. The Hall–Kier alpha value is -1.53. The van der Waals surface area contributed by atoms with Crippen LogP contribution in [0.3, 0.4) is 0 Å². The molecule has 0 saturated carbocycles. The number of benzene rings is 1. The summed E-state index contributed by atoms with van der Waals surface area (Å²) in [6.45, 7) is 3.78. The monoisotopic (exact) mass is 339 g/mol. The van der Waals surface area contributed by atoms with Crippen molar-refractivity contribution < 1.29 is 9.13 Å². The molecular weight excluding hydrogens is 325 g/mol. The van der Waals surface area contributed by atoms with Gasteiger partial charge in [-0.2, -0.15) is 0 Å². The van der Waals surface area contributed by atoms with E-state index in [0.717, 1.165) is 25.1 Å². The first-order valence-corrected chi connectivity index (χ1v) is 7.12. The molecule has 1 N–H and O–H groups in total. The van der Waals surface area contributed by atoms with Gasteiger partial charge in [-0.15, -0.1) is 0 Å². The Morgan fingerprint density at radius 2 is 2.00 bits per heavy atom. The lowest BCUT2D eigenvalue weighted by Crippen LogP contribution is -2.14. The molecule has 106 valence electrons. The zero-order valence-electron chi connectivity index (χ0n) is 11.1. The summed E-state index contributed by atoms with van der Waals surface area (Å²) in [7, 11) is 0. The average molecular weight is 340 g/mol. The van der Waals surface area contributed by atoms with Crippen molar-refractivity contribution in [2.45, 2.75) is 19.9 Å². The van der Waals surface area contributed by atoms with Crippen LogP contribution < -0.4 is 10.1 Å². The van der Waals surface area contributed by atoms with Gasteiger partial charge in [-0.1, -0.05) is 22.9 Å². The molecule has 0 amide bonds. The van der Waals surface area contributed by atoms with Gasteiger partial charge in [0.05, 0.1) is 0 Å². The van der Waals surface area contributed by atoms with Crippen LogP contribution in [0.5, 0.6) is 11.8 Å². The van der Waals surface area contributed by atoms with Crippen molar-refractivity contribution in [3.05, 3.63) is 46.4 Å². The molecule has 0 aliphatic rings. The molecule has 0 unspecified atom stereocenters. The Kier molecular flexibility index (Phi) is 5.43. The maximum Gasteiger partial charge on any atom is 0.321 e. The molecule has 1 aromatic carbocycles. The van der Waals surface area contributed by atoms with Gasteiger partial charge in [0.1, 0.15) is 11.6 Å². The molecule has 2 aromatic rings. The number of hydrogen-bond donors (Lipinski definition) is 1. The van der Waals surface area contributed by atoms with Gasteiger partial charge in [0.15, 0.2) is 0 Å². The van der Waals surface area contributed by atoms with Crippen molar-refractivity contribution in [1.82, 2.24) is 15.3 Å². The van der Waals surface area contributed by atoms with Crippen molar-refractivity contribution in [2.75, 3.05) is 6.54 Å². The number of aromatic nitrogens is 2. The normalized spacial score (nSPS) is 10.6. The van der Waals surface area contributed by atoms with Crippen molar-refractivity contribution in [3.8, 4) is 11.8 Å². The molecule has 1 heterocycles. The first-order chi connectivity index (χ1) is 9.67. The number of hydrogen-bond acceptors (Lipinski definition) is 4. The fraction of sp³-hybridized carbons (Fsp3) is 0.286. The van der Waals surface area contributed by atoms with Crippen molar-refractivity contribution >= 4 is 15.9 Å². The Bertz CT molecular complexity index is 543. The highest BCUT2D eigenvalue weighted by Gasteiger charge is 2.04. The minimum absolute atomic E-state index is 0.196. The predicted molar refractivity (Wildman–Crippen MR) is 78.2 cm³/mol. The molecule has 0 aliphatic carbocycles. The second kappa shape index (κ2) is 7.31. The van der Waals surface area contributed by atoms with E-state index in [1.54, 1.807) is 18.5 Å². The smallest absolute Gasteiger partial charge is 0.321 e. The van der Waals surface area contributed by atoms with E-state index in [2.05, 4.69) is 38.1 Å². The average Bonchev–Trinajstić information content (AvgIpc) is 2.40. The minimum atomic E-state index is -0.380. The Morgan fingerprint density at radius 1 is 1.25 bits per heavy atom. The van der Waals surface area contributed by atoms with Gasteiger partial charge in [0.25, 0.3) is 0 Å². The molecule has 0 saturated heterocycles. The summed E-state index contributed by atoms with van der Waals surface area (Å²) in [5.74, 6) is -0.0245. The summed E-state index contributed by atoms with van der Waals surface area (Å²) in [6, 6.07) is 4.49. The van der Waals surface area contributed by atoms with Crippen LogP contribution >= 0.6 is 15.9 Å². The second-order valence-corrected chi connectivity index (χ2v) is 5.17. The lowest BCUT2D eigenvalue weighted by atomic mass is 10.3. The van der Waals surface area contributed by atoms with Crippen LogP contribution in [0.25, 0.3) is 0 Å². The summed E-state index contributed by atoms with van der Waals surface area (Å²) < 4.78 is 19.2. The number of halogens is 2. The van der Waals surface area contributed by atoms with Gasteiger partial charge in [-0.05, 0) is 25.1 Å². The van der Waals surface area contributed by atoms with Gasteiger partial charge < -0.3 is 10.1 Å². The van der Waals surface area contributed by atoms with E-state index >= 15 is 0 Å². The van der Waals surface area contributed by atoms with E-state index in [-0.39, 0.29) is 11.8 Å². The van der Waals surface area contributed by atoms with Gasteiger partial charge in [0.2, 0.25) is 0 Å². The second-order valence-electron chi connectivity index (χ2n) is 4.26. The van der Waals surface area contributed by atoms with E-state index in [1.807, 2.05) is 0 Å². The van der Waals surface area contributed by atoms with E-state index in [0.29, 0.717) is 10.2 Å². The van der Waals surface area contributed by atoms with Crippen LogP contribution in [-0.2, 0) is 6.54 Å². The third-order valence-corrected chi connectivity index (χ3v) is 2.94. The van der Waals surface area contributed by atoms with E-state index in [4.69, 9.17) is 4.74 Å². The fourth-order valence-electron chi connectivity index (χ4n) is 1.59. The highest BCUT2D eigenvalue weighted by molar-refractivity contribution is 9.10. The van der Waals surface area contributed by atoms with Gasteiger partial charge in [0, 0.05) is 35.0 Å². The van der Waals surface area contributed by atoms with Crippen molar-refractivity contribution in [3.63, 3.8) is 0 Å². The van der Waals surface area contributed by atoms with Crippen LogP contribution in [0.4, 0.5) is 4.39 Å². The number of rotatable bonds is 6. The maximum atomic E-state index is 13.2. The standard InChI is InChI=1S/C14H15BrFN3O/c1-2-3-17-7-10-8-18-14(19-9-10)20-13-5-11(15)4-12(16)6-13/h4-6,8-9,17H,2-3,7H2,1H3. The number of ether oxygens (including phenoxy) is 1. The largest absolute Gasteiger partial charge is 0.424 e. The highest BCUT2D eigenvalue weighted by Crippen LogP contribution is 2.23. The molecule has 1 aromatic heterocycles. The molecule has 20 heavy (non-hydrogen) atoms. The van der Waals surface area contributed by atoms with Crippen molar-refractivity contribution in [1.29, 1.82) is 0 Å². The predicted octanol–water partition coefficient (Wildman–Crippen LogP) is 3.67. The topological polar surface area (TPSA) is 47.0 Å². The summed E-state index contributed by atoms with van der Waals surface area (Å²) in [6.07, 6.45) is 4.47. The zero-order chi connectivity index (χ0) is 14.4. The molecule has 6 heteroatoms. The molecule has 0 radical (unpaired) electrons. The van der Waals surface area contributed by atoms with Crippen molar-refractivity contribution in [2.24, 2.45) is 0 Å². The summed E-state index contributed by atoms with van der Waals surface area (Å²) >= 11 is 3.20. The third kappa shape index (κ3) is 4.54. The van der Waals surface area contributed by atoms with Crippen LogP contribution in [0.2, 0.25) is 0 Å². The van der Waals surface area contributed by atoms with Crippen LogP contribution in [0, 0.1) is 5.82 Å². The number of nitrogens with one attached hydrogen (secondary N) is 1. The SMILES string of the molecule is CCCNCc1cnc(Oc2cc(F)cc(Br)c2)nc1. The molecule has 0 spiro atoms. The van der Waals surface area contributed by atoms with Crippen LogP contribution in [-0.4, -0.2) is 16.5 Å². The fourth-order valence-corrected chi connectivity index (χ4v) is 2.03. The van der Waals surface area contributed by atoms with E-state index in [9.17, 15) is 4.39 Å². The molecule has 0 atom stereocenters. The van der Waals surface area contributed by atoms with Crippen LogP contribution in [0.1, 0.15) is 18.9 Å². The molecule has 0 bridgehead atoms. The minimum Gasteiger partial charge on any atom is -0.424 e. The summed E-state index contributed by atoms with van der Waals surface area (Å²) in [4.78, 5) is 8.20. The molecule has 0 fully saturated rings. The Labute approximate surface area is 125 Å². The van der Waals surface area contributed by atoms with Gasteiger partial charge in [-0.25, -0.2) is 14.4 Å². The summed E-state index contributed by atoms with van der Waals surface area (Å²) in [5, 5.41) is 3.26. The molecule has 4 nitrogen and oxygen atoms in total. The first kappa shape index (κ1) is 14.9. The number of nitrogens with zero attached hydrogens (tertiary/aromatic N) is 2. The molecular formula is C14H15BrFN3O.